The Morgan fingerprint density at radius 3 is 2.78 bits per heavy atom. The van der Waals surface area contributed by atoms with E-state index in [4.69, 9.17) is 35.4 Å². The van der Waals surface area contributed by atoms with E-state index in [1.165, 1.54) is 23.5 Å². The van der Waals surface area contributed by atoms with Gasteiger partial charge < -0.3 is 5.32 Å². The molecule has 0 bridgehead atoms. The van der Waals surface area contributed by atoms with E-state index in [2.05, 4.69) is 15.5 Å². The standard InChI is InChI=1S/C17H15Cl2FN4OS2/c1-8(10-6-13(20)12(19)7-11(10)18)21-16(25)9(2)24-15(22-23-17(24)26)14-4-3-5-27-14/h3-9H,1-2H3,(H,21,25)(H,23,26). The average molecular weight is 445 g/mol. The van der Waals surface area contributed by atoms with Crippen molar-refractivity contribution in [3.63, 3.8) is 0 Å². The number of aromatic nitrogens is 3. The lowest BCUT2D eigenvalue weighted by Gasteiger charge is -2.20. The zero-order valence-corrected chi connectivity index (χ0v) is 17.4. The number of H-pyrrole nitrogens is 1. The molecule has 1 amide bonds. The van der Waals surface area contributed by atoms with Crippen LogP contribution >= 0.6 is 46.8 Å². The van der Waals surface area contributed by atoms with Crippen LogP contribution in [-0.4, -0.2) is 20.7 Å². The van der Waals surface area contributed by atoms with Gasteiger partial charge in [0.15, 0.2) is 10.6 Å². The molecule has 2 heterocycles. The zero-order chi connectivity index (χ0) is 19.7. The van der Waals surface area contributed by atoms with Crippen LogP contribution in [0.15, 0.2) is 29.6 Å². The molecule has 3 aromatic rings. The van der Waals surface area contributed by atoms with Crippen LogP contribution in [0.2, 0.25) is 10.0 Å². The zero-order valence-electron chi connectivity index (χ0n) is 14.3. The molecular weight excluding hydrogens is 430 g/mol. The number of carbonyl (C=O) groups excluding carboxylic acids is 1. The Labute approximate surface area is 174 Å². The second-order valence-corrected chi connectivity index (χ2v) is 8.04. The Kier molecular flexibility index (Phi) is 6.00. The summed E-state index contributed by atoms with van der Waals surface area (Å²) in [6.45, 7) is 3.43. The molecule has 2 unspecified atom stereocenters. The first kappa shape index (κ1) is 20.0. The highest BCUT2D eigenvalue weighted by Crippen LogP contribution is 2.30. The third-order valence-corrected chi connectivity index (χ3v) is 5.85. The highest BCUT2D eigenvalue weighted by atomic mass is 35.5. The SMILES string of the molecule is CC(NC(=O)C(C)n1c(-c2cccs2)n[nH]c1=S)c1cc(F)c(Cl)cc1Cl. The van der Waals surface area contributed by atoms with Crippen molar-refractivity contribution in [1.29, 1.82) is 0 Å². The van der Waals surface area contributed by atoms with E-state index in [9.17, 15) is 9.18 Å². The Morgan fingerprint density at radius 1 is 1.37 bits per heavy atom. The molecule has 27 heavy (non-hydrogen) atoms. The molecule has 0 aliphatic rings. The van der Waals surface area contributed by atoms with E-state index in [0.717, 1.165) is 4.88 Å². The summed E-state index contributed by atoms with van der Waals surface area (Å²) in [6.07, 6.45) is 0. The Bertz CT molecular complexity index is 1030. The smallest absolute Gasteiger partial charge is 0.243 e. The normalized spacial score (nSPS) is 13.4. The molecule has 2 atom stereocenters. The summed E-state index contributed by atoms with van der Waals surface area (Å²) < 4.78 is 15.8. The van der Waals surface area contributed by atoms with Crippen molar-refractivity contribution < 1.29 is 9.18 Å². The fourth-order valence-electron chi connectivity index (χ4n) is 2.64. The molecule has 0 radical (unpaired) electrons. The first-order valence-electron chi connectivity index (χ1n) is 7.95. The minimum atomic E-state index is -0.633. The number of hydrogen-bond acceptors (Lipinski definition) is 4. The van der Waals surface area contributed by atoms with Gasteiger partial charge in [0.2, 0.25) is 5.91 Å². The first-order chi connectivity index (χ1) is 12.8. The second kappa shape index (κ2) is 8.10. The van der Waals surface area contributed by atoms with Gasteiger partial charge in [-0.05, 0) is 55.2 Å². The number of amides is 1. The fourth-order valence-corrected chi connectivity index (χ4v) is 4.19. The molecule has 10 heteroatoms. The van der Waals surface area contributed by atoms with Gasteiger partial charge in [0.05, 0.1) is 15.9 Å². The van der Waals surface area contributed by atoms with Crippen LogP contribution in [0.5, 0.6) is 0 Å². The van der Waals surface area contributed by atoms with Gasteiger partial charge in [-0.1, -0.05) is 29.3 Å². The molecule has 0 aliphatic heterocycles. The topological polar surface area (TPSA) is 62.7 Å². The number of aromatic amines is 1. The molecule has 2 N–H and O–H groups in total. The summed E-state index contributed by atoms with van der Waals surface area (Å²) >= 11 is 18.6. The third-order valence-electron chi connectivity index (χ3n) is 4.08. The lowest BCUT2D eigenvalue weighted by Crippen LogP contribution is -2.33. The van der Waals surface area contributed by atoms with Gasteiger partial charge in [0.25, 0.3) is 0 Å². The molecule has 2 aromatic heterocycles. The molecule has 0 saturated heterocycles. The first-order valence-corrected chi connectivity index (χ1v) is 9.99. The molecule has 0 fully saturated rings. The van der Waals surface area contributed by atoms with Gasteiger partial charge >= 0.3 is 0 Å². The summed E-state index contributed by atoms with van der Waals surface area (Å²) in [5, 5.41) is 11.9. The van der Waals surface area contributed by atoms with Gasteiger partial charge in [0, 0.05) is 5.02 Å². The van der Waals surface area contributed by atoms with Crippen molar-refractivity contribution in [2.45, 2.75) is 25.9 Å². The Balaban J connectivity index is 1.84. The maximum atomic E-state index is 13.8. The lowest BCUT2D eigenvalue weighted by molar-refractivity contribution is -0.124. The molecular formula is C17H15Cl2FN4OS2. The van der Waals surface area contributed by atoms with Crippen LogP contribution in [0.25, 0.3) is 10.7 Å². The fraction of sp³-hybridized carbons (Fsp3) is 0.235. The van der Waals surface area contributed by atoms with Crippen molar-refractivity contribution in [3.05, 3.63) is 55.8 Å². The molecule has 1 aromatic carbocycles. The van der Waals surface area contributed by atoms with Gasteiger partial charge in [0.1, 0.15) is 11.9 Å². The predicted octanol–water partition coefficient (Wildman–Crippen LogP) is 5.55. The highest BCUT2D eigenvalue weighted by Gasteiger charge is 2.24. The summed E-state index contributed by atoms with van der Waals surface area (Å²) in [7, 11) is 0. The van der Waals surface area contributed by atoms with Gasteiger partial charge in [-0.3, -0.25) is 14.5 Å². The quantitative estimate of drug-likeness (QED) is 0.400. The van der Waals surface area contributed by atoms with Crippen LogP contribution in [-0.2, 0) is 4.79 Å². The minimum absolute atomic E-state index is 0.0686. The van der Waals surface area contributed by atoms with Crippen molar-refractivity contribution in [2.75, 3.05) is 0 Å². The van der Waals surface area contributed by atoms with E-state index in [0.29, 0.717) is 16.2 Å². The predicted molar refractivity (Wildman–Crippen MR) is 108 cm³/mol. The molecule has 0 spiro atoms. The largest absolute Gasteiger partial charge is 0.348 e. The number of benzene rings is 1. The molecule has 0 saturated carbocycles. The summed E-state index contributed by atoms with van der Waals surface area (Å²) in [5.41, 5.74) is 0.438. The highest BCUT2D eigenvalue weighted by molar-refractivity contribution is 7.71. The molecule has 142 valence electrons. The van der Waals surface area contributed by atoms with E-state index in [-0.39, 0.29) is 16.0 Å². The number of rotatable bonds is 5. The van der Waals surface area contributed by atoms with E-state index in [1.54, 1.807) is 18.4 Å². The maximum absolute atomic E-state index is 13.8. The van der Waals surface area contributed by atoms with Gasteiger partial charge in [-0.2, -0.15) is 5.10 Å². The van der Waals surface area contributed by atoms with Crippen molar-refractivity contribution in [3.8, 4) is 10.7 Å². The molecule has 5 nitrogen and oxygen atoms in total. The number of nitrogens with one attached hydrogen (secondary N) is 2. The van der Waals surface area contributed by atoms with Gasteiger partial charge in [-0.15, -0.1) is 11.3 Å². The van der Waals surface area contributed by atoms with Crippen LogP contribution in [0, 0.1) is 10.6 Å². The van der Waals surface area contributed by atoms with E-state index >= 15 is 0 Å². The number of halogens is 3. The molecule has 0 aliphatic carbocycles. The molecule has 3 rings (SSSR count). The average Bonchev–Trinajstić information content (AvgIpc) is 3.26. The second-order valence-electron chi connectivity index (χ2n) is 5.89. The van der Waals surface area contributed by atoms with Crippen LogP contribution < -0.4 is 5.32 Å². The Hall–Kier alpha value is -1.74. The van der Waals surface area contributed by atoms with Gasteiger partial charge in [-0.25, -0.2) is 4.39 Å². The number of nitrogens with zero attached hydrogens (tertiary/aromatic N) is 2. The summed E-state index contributed by atoms with van der Waals surface area (Å²) in [5.74, 6) is -0.313. The summed E-state index contributed by atoms with van der Waals surface area (Å²) in [4.78, 5) is 13.7. The Morgan fingerprint density at radius 2 is 2.11 bits per heavy atom. The lowest BCUT2D eigenvalue weighted by atomic mass is 10.1. The van der Waals surface area contributed by atoms with Crippen molar-refractivity contribution >= 4 is 52.7 Å². The van der Waals surface area contributed by atoms with Crippen LogP contribution in [0.3, 0.4) is 0 Å². The number of hydrogen-bond donors (Lipinski definition) is 2. The van der Waals surface area contributed by atoms with Crippen LogP contribution in [0.4, 0.5) is 4.39 Å². The van der Waals surface area contributed by atoms with E-state index in [1.807, 2.05) is 17.5 Å². The summed E-state index contributed by atoms with van der Waals surface area (Å²) in [6, 6.07) is 5.18. The maximum Gasteiger partial charge on any atom is 0.243 e. The van der Waals surface area contributed by atoms with Crippen molar-refractivity contribution in [1.82, 2.24) is 20.1 Å². The number of thiophene rings is 1. The third kappa shape index (κ3) is 4.08. The van der Waals surface area contributed by atoms with E-state index < -0.39 is 17.9 Å². The minimum Gasteiger partial charge on any atom is -0.348 e. The monoisotopic (exact) mass is 444 g/mol. The number of carbonyl (C=O) groups is 1. The van der Waals surface area contributed by atoms with Crippen LogP contribution in [0.1, 0.15) is 31.5 Å². The van der Waals surface area contributed by atoms with Crippen molar-refractivity contribution in [2.24, 2.45) is 0 Å².